The Labute approximate surface area is 144 Å². The van der Waals surface area contributed by atoms with E-state index in [2.05, 4.69) is 10.1 Å². The van der Waals surface area contributed by atoms with Crippen LogP contribution in [0.1, 0.15) is 15.9 Å². The molecule has 124 valence electrons. The first kappa shape index (κ1) is 15.3. The summed E-state index contributed by atoms with van der Waals surface area (Å²) in [7, 11) is 3.46. The monoisotopic (exact) mass is 332 g/mol. The van der Waals surface area contributed by atoms with Crippen LogP contribution in [0.2, 0.25) is 0 Å². The van der Waals surface area contributed by atoms with Crippen LogP contribution >= 0.6 is 0 Å². The zero-order chi connectivity index (χ0) is 17.6. The van der Waals surface area contributed by atoms with Crippen LogP contribution < -0.4 is 0 Å². The highest BCUT2D eigenvalue weighted by Crippen LogP contribution is 2.28. The number of rotatable bonds is 3. The minimum Gasteiger partial charge on any atom is -0.350 e. The van der Waals surface area contributed by atoms with E-state index in [9.17, 15) is 9.59 Å². The predicted molar refractivity (Wildman–Crippen MR) is 94.3 cm³/mol. The minimum absolute atomic E-state index is 0.235. The third kappa shape index (κ3) is 2.34. The van der Waals surface area contributed by atoms with Crippen molar-refractivity contribution in [1.82, 2.24) is 14.6 Å². The Morgan fingerprint density at radius 2 is 1.80 bits per heavy atom. The number of aromatic nitrogens is 2. The number of Topliss-reactive ketones (excluding diaryl/α,β-unsaturated/α-hetero) is 1. The number of nitrogens with zero attached hydrogens (tertiary/aromatic N) is 4. The van der Waals surface area contributed by atoms with Crippen molar-refractivity contribution in [2.75, 3.05) is 7.05 Å². The van der Waals surface area contributed by atoms with E-state index in [0.29, 0.717) is 11.3 Å². The molecule has 2 aromatic heterocycles. The maximum atomic E-state index is 13.3. The fourth-order valence-corrected chi connectivity index (χ4v) is 3.25. The van der Waals surface area contributed by atoms with E-state index in [1.807, 2.05) is 35.9 Å². The lowest BCUT2D eigenvalue weighted by Crippen LogP contribution is -2.32. The topological polar surface area (TPSA) is 67.6 Å². The van der Waals surface area contributed by atoms with Crippen molar-refractivity contribution >= 4 is 28.3 Å². The van der Waals surface area contributed by atoms with Crippen molar-refractivity contribution < 1.29 is 9.59 Å². The van der Waals surface area contributed by atoms with Crippen LogP contribution in [0.25, 0.3) is 10.9 Å². The number of pyridine rings is 1. The van der Waals surface area contributed by atoms with Gasteiger partial charge >= 0.3 is 0 Å². The third-order valence-corrected chi connectivity index (χ3v) is 4.50. The van der Waals surface area contributed by atoms with Gasteiger partial charge in [-0.15, -0.1) is 0 Å². The molecule has 0 spiro atoms. The number of para-hydroxylation sites is 1. The Morgan fingerprint density at radius 3 is 2.56 bits per heavy atom. The summed E-state index contributed by atoms with van der Waals surface area (Å²) >= 11 is 0. The molecule has 0 fully saturated rings. The first-order valence-corrected chi connectivity index (χ1v) is 7.92. The Kier molecular flexibility index (Phi) is 3.46. The summed E-state index contributed by atoms with van der Waals surface area (Å²) in [6, 6.07) is 11.2. The van der Waals surface area contributed by atoms with Crippen LogP contribution in [-0.2, 0) is 11.8 Å². The van der Waals surface area contributed by atoms with Crippen molar-refractivity contribution in [2.45, 2.75) is 0 Å². The summed E-state index contributed by atoms with van der Waals surface area (Å²) in [5.74, 6) is -1.48. The number of hydrogen-bond donors (Lipinski definition) is 0. The minimum atomic E-state index is -0.932. The molecule has 0 N–H and O–H groups in total. The predicted octanol–water partition coefficient (Wildman–Crippen LogP) is 2.25. The molecule has 1 aromatic carbocycles. The summed E-state index contributed by atoms with van der Waals surface area (Å²) in [5.41, 5.74) is 2.68. The lowest BCUT2D eigenvalue weighted by Gasteiger charge is -2.10. The van der Waals surface area contributed by atoms with Gasteiger partial charge in [-0.25, -0.2) is 5.01 Å². The summed E-state index contributed by atoms with van der Waals surface area (Å²) in [6.07, 6.45) is 5.03. The fourth-order valence-electron chi connectivity index (χ4n) is 3.25. The number of carbonyl (C=O) groups excluding carboxylic acids is 2. The van der Waals surface area contributed by atoms with Crippen molar-refractivity contribution in [1.29, 1.82) is 0 Å². The molecule has 6 heteroatoms. The van der Waals surface area contributed by atoms with E-state index in [-0.39, 0.29) is 11.7 Å². The highest BCUT2D eigenvalue weighted by Gasteiger charge is 2.41. The normalized spacial score (nSPS) is 17.2. The Morgan fingerprint density at radius 1 is 1.08 bits per heavy atom. The van der Waals surface area contributed by atoms with Crippen LogP contribution in [-0.4, -0.2) is 39.0 Å². The fraction of sp³-hybridized carbons (Fsp3) is 0.158. The number of carbonyl (C=O) groups is 2. The Balaban J connectivity index is 1.83. The van der Waals surface area contributed by atoms with Gasteiger partial charge in [0.15, 0.2) is 5.78 Å². The van der Waals surface area contributed by atoms with Gasteiger partial charge in [-0.2, -0.15) is 5.10 Å². The lowest BCUT2D eigenvalue weighted by molar-refractivity contribution is -0.129. The summed E-state index contributed by atoms with van der Waals surface area (Å²) in [6.45, 7) is 0. The van der Waals surface area contributed by atoms with E-state index in [1.54, 1.807) is 37.8 Å². The van der Waals surface area contributed by atoms with Gasteiger partial charge in [0.2, 0.25) is 0 Å². The number of benzene rings is 1. The zero-order valence-corrected chi connectivity index (χ0v) is 13.9. The highest BCUT2D eigenvalue weighted by molar-refractivity contribution is 6.32. The lowest BCUT2D eigenvalue weighted by atomic mass is 9.89. The number of ketones is 1. The van der Waals surface area contributed by atoms with E-state index in [4.69, 9.17) is 0 Å². The molecule has 4 rings (SSSR count). The molecule has 1 atom stereocenters. The second-order valence-electron chi connectivity index (χ2n) is 6.05. The first-order chi connectivity index (χ1) is 12.1. The molecule has 0 saturated heterocycles. The van der Waals surface area contributed by atoms with E-state index in [1.165, 1.54) is 5.01 Å². The molecular weight excluding hydrogens is 316 g/mol. The number of hydrazone groups is 1. The van der Waals surface area contributed by atoms with Crippen LogP contribution in [0.4, 0.5) is 0 Å². The van der Waals surface area contributed by atoms with Gasteiger partial charge in [0.1, 0.15) is 5.92 Å². The van der Waals surface area contributed by atoms with Crippen molar-refractivity contribution in [3.63, 3.8) is 0 Å². The van der Waals surface area contributed by atoms with Crippen molar-refractivity contribution in [3.8, 4) is 0 Å². The second kappa shape index (κ2) is 5.66. The van der Waals surface area contributed by atoms with Crippen LogP contribution in [0.15, 0.2) is 60.1 Å². The molecule has 0 saturated carbocycles. The zero-order valence-electron chi connectivity index (χ0n) is 13.9. The smallest absolute Gasteiger partial charge is 0.259 e. The molecule has 25 heavy (non-hydrogen) atoms. The second-order valence-corrected chi connectivity index (χ2v) is 6.05. The van der Waals surface area contributed by atoms with Gasteiger partial charge < -0.3 is 4.57 Å². The molecule has 0 unspecified atom stereocenters. The van der Waals surface area contributed by atoms with Crippen LogP contribution in [0.5, 0.6) is 0 Å². The maximum absolute atomic E-state index is 13.3. The van der Waals surface area contributed by atoms with Gasteiger partial charge in [0, 0.05) is 54.7 Å². The summed E-state index contributed by atoms with van der Waals surface area (Å²) < 4.78 is 1.90. The van der Waals surface area contributed by atoms with E-state index < -0.39 is 5.92 Å². The Hall–Kier alpha value is -3.28. The Bertz CT molecular complexity index is 1020. The van der Waals surface area contributed by atoms with Crippen molar-refractivity contribution in [3.05, 3.63) is 66.1 Å². The van der Waals surface area contributed by atoms with Gasteiger partial charge in [-0.1, -0.05) is 18.2 Å². The quantitative estimate of drug-likeness (QED) is 0.546. The average molecular weight is 332 g/mol. The van der Waals surface area contributed by atoms with E-state index >= 15 is 0 Å². The van der Waals surface area contributed by atoms with Crippen LogP contribution in [0, 0.1) is 5.92 Å². The maximum Gasteiger partial charge on any atom is 0.259 e. The highest BCUT2D eigenvalue weighted by atomic mass is 16.2. The van der Waals surface area contributed by atoms with E-state index in [0.717, 1.165) is 16.5 Å². The summed E-state index contributed by atoms with van der Waals surface area (Å²) in [5, 5.41) is 6.38. The average Bonchev–Trinajstić information content (AvgIpc) is 3.13. The van der Waals surface area contributed by atoms with Gasteiger partial charge in [-0.3, -0.25) is 14.6 Å². The standard InChI is InChI=1S/C19H16N4O2/c1-22-11-14(13-5-3-4-6-15(13)22)18(24)16-17(21-23(2)19(16)25)12-7-9-20-10-8-12/h3-11,16H,1-2H3/t16-/m0/s1. The van der Waals surface area contributed by atoms with Gasteiger partial charge in [0.05, 0.1) is 5.71 Å². The molecule has 6 nitrogen and oxygen atoms in total. The molecule has 0 bridgehead atoms. The van der Waals surface area contributed by atoms with Gasteiger partial charge in [-0.05, 0) is 18.2 Å². The molecule has 0 radical (unpaired) electrons. The van der Waals surface area contributed by atoms with Crippen LogP contribution in [0.3, 0.4) is 0 Å². The number of fused-ring (bicyclic) bond motifs is 1. The molecule has 0 aliphatic carbocycles. The first-order valence-electron chi connectivity index (χ1n) is 7.92. The molecule has 1 aliphatic rings. The van der Waals surface area contributed by atoms with Gasteiger partial charge in [0.25, 0.3) is 5.91 Å². The summed E-state index contributed by atoms with van der Waals surface area (Å²) in [4.78, 5) is 29.9. The molecule has 3 aromatic rings. The third-order valence-electron chi connectivity index (χ3n) is 4.50. The molecule has 1 aliphatic heterocycles. The number of amides is 1. The number of aryl methyl sites for hydroxylation is 1. The SMILES string of the molecule is CN1N=C(c2ccncc2)[C@@H](C(=O)c2cn(C)c3ccccc23)C1=O. The molecule has 1 amide bonds. The molecular formula is C19H16N4O2. The number of hydrogen-bond acceptors (Lipinski definition) is 4. The largest absolute Gasteiger partial charge is 0.350 e. The molecule has 3 heterocycles. The van der Waals surface area contributed by atoms with Crippen molar-refractivity contribution in [2.24, 2.45) is 18.1 Å².